The number of carbonyl (C=O) groups excluding carboxylic acids is 1. The van der Waals surface area contributed by atoms with Crippen molar-refractivity contribution in [3.05, 3.63) is 53.6 Å². The summed E-state index contributed by atoms with van der Waals surface area (Å²) in [6.07, 6.45) is 0.364. The number of hydrogen-bond donors (Lipinski definition) is 2. The van der Waals surface area contributed by atoms with E-state index in [2.05, 4.69) is 5.32 Å². The number of Topliss-reactive ketones (excluding diaryl/α,β-unsaturated/α-hetero) is 1. The second-order valence-corrected chi connectivity index (χ2v) is 8.27. The van der Waals surface area contributed by atoms with Crippen molar-refractivity contribution in [3.8, 4) is 17.2 Å². The molecular weight excluding hydrogens is 382 g/mol. The number of benzene rings is 2. The number of aliphatic hydroxyl groups excluding tert-OH is 1. The molecule has 2 N–H and O–H groups in total. The molecule has 0 aromatic heterocycles. The fraction of sp³-hybridized carbons (Fsp3) is 0.458. The van der Waals surface area contributed by atoms with Gasteiger partial charge in [-0.3, -0.25) is 4.79 Å². The number of ether oxygens (including phenoxy) is 3. The second kappa shape index (κ2) is 8.28. The quantitative estimate of drug-likeness (QED) is 0.733. The number of fused-ring (bicyclic) bond motifs is 1. The van der Waals surface area contributed by atoms with Crippen molar-refractivity contribution in [1.29, 1.82) is 0 Å². The highest BCUT2D eigenvalue weighted by Crippen LogP contribution is 2.49. The largest absolute Gasteiger partial charge is 0.493 e. The summed E-state index contributed by atoms with van der Waals surface area (Å²) in [5.41, 5.74) is 0.399. The van der Waals surface area contributed by atoms with Gasteiger partial charge in [-0.25, -0.2) is 0 Å². The van der Waals surface area contributed by atoms with Crippen molar-refractivity contribution in [3.63, 3.8) is 0 Å². The van der Waals surface area contributed by atoms with Crippen LogP contribution in [-0.4, -0.2) is 42.8 Å². The van der Waals surface area contributed by atoms with Gasteiger partial charge in [-0.15, -0.1) is 0 Å². The molecule has 2 unspecified atom stereocenters. The number of aliphatic hydroxyl groups is 1. The first kappa shape index (κ1) is 20.7. The molecule has 1 saturated heterocycles. The summed E-state index contributed by atoms with van der Waals surface area (Å²) in [5, 5.41) is 14.6. The summed E-state index contributed by atoms with van der Waals surface area (Å²) < 4.78 is 17.7. The zero-order valence-electron chi connectivity index (χ0n) is 17.7. The Bertz CT molecular complexity index is 920. The third kappa shape index (κ3) is 3.66. The Kier molecular flexibility index (Phi) is 5.71. The Hall–Kier alpha value is -2.57. The van der Waals surface area contributed by atoms with Crippen LogP contribution in [0, 0.1) is 5.92 Å². The number of methoxy groups -OCH3 is 1. The van der Waals surface area contributed by atoms with E-state index in [4.69, 9.17) is 14.2 Å². The first-order chi connectivity index (χ1) is 14.4. The van der Waals surface area contributed by atoms with Crippen LogP contribution in [0.3, 0.4) is 0 Å². The van der Waals surface area contributed by atoms with Crippen molar-refractivity contribution in [2.75, 3.05) is 20.2 Å². The molecule has 4 rings (SSSR count). The minimum atomic E-state index is -0.932. The first-order valence-corrected chi connectivity index (χ1v) is 10.5. The summed E-state index contributed by atoms with van der Waals surface area (Å²) in [6, 6.07) is 12.6. The number of ketones is 1. The molecule has 0 aliphatic carbocycles. The molecule has 0 radical (unpaired) electrons. The van der Waals surface area contributed by atoms with Gasteiger partial charge in [-0.05, 0) is 51.2 Å². The van der Waals surface area contributed by atoms with Crippen molar-refractivity contribution in [2.45, 2.75) is 44.5 Å². The fourth-order valence-electron chi connectivity index (χ4n) is 4.56. The van der Waals surface area contributed by atoms with Gasteiger partial charge in [-0.1, -0.05) is 18.2 Å². The molecule has 2 heterocycles. The van der Waals surface area contributed by atoms with Gasteiger partial charge in [-0.2, -0.15) is 0 Å². The van der Waals surface area contributed by atoms with Gasteiger partial charge in [0, 0.05) is 24.0 Å². The first-order valence-electron chi connectivity index (χ1n) is 10.5. The van der Waals surface area contributed by atoms with E-state index in [1.807, 2.05) is 38.1 Å². The van der Waals surface area contributed by atoms with Crippen LogP contribution in [0.25, 0.3) is 0 Å². The Morgan fingerprint density at radius 2 is 1.90 bits per heavy atom. The van der Waals surface area contributed by atoms with Crippen molar-refractivity contribution >= 4 is 5.78 Å². The number of carbonyl (C=O) groups is 1. The third-order valence-corrected chi connectivity index (χ3v) is 5.98. The maximum absolute atomic E-state index is 13.7. The zero-order valence-corrected chi connectivity index (χ0v) is 17.7. The zero-order chi connectivity index (χ0) is 21.3. The minimum Gasteiger partial charge on any atom is -0.493 e. The Morgan fingerprint density at radius 3 is 2.60 bits per heavy atom. The van der Waals surface area contributed by atoms with Gasteiger partial charge in [0.1, 0.15) is 11.4 Å². The van der Waals surface area contributed by atoms with E-state index in [9.17, 15) is 9.90 Å². The number of piperidine rings is 1. The lowest BCUT2D eigenvalue weighted by molar-refractivity contribution is -0.0758. The molecule has 2 aliphatic rings. The van der Waals surface area contributed by atoms with E-state index in [1.165, 1.54) is 0 Å². The lowest BCUT2D eigenvalue weighted by Crippen LogP contribution is -2.57. The van der Waals surface area contributed by atoms with Crippen molar-refractivity contribution in [2.24, 2.45) is 5.92 Å². The highest BCUT2D eigenvalue weighted by Gasteiger charge is 2.53. The van der Waals surface area contributed by atoms with E-state index in [-0.39, 0.29) is 11.9 Å². The van der Waals surface area contributed by atoms with Gasteiger partial charge in [0.15, 0.2) is 17.3 Å². The molecule has 2 aromatic carbocycles. The summed E-state index contributed by atoms with van der Waals surface area (Å²) in [7, 11) is 1.56. The molecule has 1 spiro atoms. The fourth-order valence-corrected chi connectivity index (χ4v) is 4.56. The maximum Gasteiger partial charge on any atom is 0.173 e. The van der Waals surface area contributed by atoms with E-state index in [0.717, 1.165) is 13.1 Å². The molecule has 2 aromatic rings. The van der Waals surface area contributed by atoms with Crippen LogP contribution in [-0.2, 0) is 0 Å². The van der Waals surface area contributed by atoms with Crippen LogP contribution in [0.2, 0.25) is 0 Å². The van der Waals surface area contributed by atoms with Crippen molar-refractivity contribution < 1.29 is 24.1 Å². The smallest absolute Gasteiger partial charge is 0.173 e. The molecule has 0 saturated carbocycles. The minimum absolute atomic E-state index is 0.0106. The molecule has 1 fully saturated rings. The molecule has 0 bridgehead atoms. The average molecular weight is 411 g/mol. The summed E-state index contributed by atoms with van der Waals surface area (Å²) in [6.45, 7) is 5.35. The molecule has 30 heavy (non-hydrogen) atoms. The molecule has 6 nitrogen and oxygen atoms in total. The van der Waals surface area contributed by atoms with Crippen molar-refractivity contribution in [1.82, 2.24) is 5.32 Å². The van der Waals surface area contributed by atoms with E-state index < -0.39 is 17.6 Å². The van der Waals surface area contributed by atoms with Crippen LogP contribution < -0.4 is 19.5 Å². The van der Waals surface area contributed by atoms with Crippen LogP contribution in [0.1, 0.15) is 48.7 Å². The molecule has 0 amide bonds. The predicted molar refractivity (Wildman–Crippen MR) is 113 cm³/mol. The number of para-hydroxylation sites is 1. The van der Waals surface area contributed by atoms with Crippen LogP contribution in [0.4, 0.5) is 0 Å². The molecule has 2 aliphatic heterocycles. The number of nitrogens with one attached hydrogen (secondary N) is 1. The van der Waals surface area contributed by atoms with E-state index >= 15 is 0 Å². The van der Waals surface area contributed by atoms with Crippen LogP contribution in [0.5, 0.6) is 17.2 Å². The SMILES string of the molecule is COc1cc(C(=O)C2C(O)c3ccccc3OC23CCNCC3)ccc1OC(C)C. The molecule has 2 atom stereocenters. The average Bonchev–Trinajstić information content (AvgIpc) is 2.74. The molecular formula is C24H29NO5. The Labute approximate surface area is 177 Å². The molecule has 160 valence electrons. The monoisotopic (exact) mass is 411 g/mol. The van der Waals surface area contributed by atoms with Gasteiger partial charge in [0.2, 0.25) is 0 Å². The van der Waals surface area contributed by atoms with Gasteiger partial charge in [0.05, 0.1) is 25.2 Å². The lowest BCUT2D eigenvalue weighted by Gasteiger charge is -2.48. The summed E-state index contributed by atoms with van der Waals surface area (Å²) in [4.78, 5) is 13.7. The molecule has 6 heteroatoms. The van der Waals surface area contributed by atoms with E-state index in [1.54, 1.807) is 25.3 Å². The normalized spacial score (nSPS) is 22.3. The lowest BCUT2D eigenvalue weighted by atomic mass is 9.70. The highest BCUT2D eigenvalue weighted by atomic mass is 16.5. The number of hydrogen-bond acceptors (Lipinski definition) is 6. The van der Waals surface area contributed by atoms with E-state index in [0.29, 0.717) is 41.2 Å². The second-order valence-electron chi connectivity index (χ2n) is 8.27. The highest BCUT2D eigenvalue weighted by molar-refractivity contribution is 6.00. The van der Waals surface area contributed by atoms with Gasteiger partial charge in [0.25, 0.3) is 0 Å². The Morgan fingerprint density at radius 1 is 1.17 bits per heavy atom. The van der Waals surface area contributed by atoms with Gasteiger partial charge >= 0.3 is 0 Å². The van der Waals surface area contributed by atoms with Gasteiger partial charge < -0.3 is 24.6 Å². The topological polar surface area (TPSA) is 77.0 Å². The predicted octanol–water partition coefficient (Wildman–Crippen LogP) is 3.53. The summed E-state index contributed by atoms with van der Waals surface area (Å²) in [5.74, 6) is 0.908. The standard InChI is InChI=1S/C24H29NO5/c1-15(2)29-19-9-8-16(14-20(19)28-3)22(26)21-23(27)17-6-4-5-7-18(17)30-24(21)10-12-25-13-11-24/h4-9,14-15,21,23,25,27H,10-13H2,1-3H3. The van der Waals surface area contributed by atoms with Crippen LogP contribution >= 0.6 is 0 Å². The summed E-state index contributed by atoms with van der Waals surface area (Å²) >= 11 is 0. The number of rotatable bonds is 5. The maximum atomic E-state index is 13.7. The Balaban J connectivity index is 1.74. The van der Waals surface area contributed by atoms with Crippen LogP contribution in [0.15, 0.2) is 42.5 Å². The third-order valence-electron chi connectivity index (χ3n) is 5.98.